The van der Waals surface area contributed by atoms with Crippen LogP contribution in [-0.4, -0.2) is 32.0 Å². The van der Waals surface area contributed by atoms with E-state index in [4.69, 9.17) is 10.7 Å². The number of hydrogen-bond acceptors (Lipinski definition) is 5. The molecule has 0 radical (unpaired) electrons. The Morgan fingerprint density at radius 2 is 1.87 bits per heavy atom. The lowest BCUT2D eigenvalue weighted by Crippen LogP contribution is -2.33. The molecule has 3 aromatic heterocycles. The van der Waals surface area contributed by atoms with Gasteiger partial charge in [-0.05, 0) is 43.9 Å². The molecule has 1 saturated carbocycles. The highest BCUT2D eigenvalue weighted by Crippen LogP contribution is 2.26. The maximum atomic E-state index is 5.97. The highest BCUT2D eigenvalue weighted by Gasteiger charge is 2.19. The van der Waals surface area contributed by atoms with Crippen molar-refractivity contribution in [1.29, 1.82) is 0 Å². The molecule has 23 heavy (non-hydrogen) atoms. The van der Waals surface area contributed by atoms with Crippen molar-refractivity contribution in [1.82, 2.24) is 19.9 Å². The predicted octanol–water partition coefficient (Wildman–Crippen LogP) is 2.70. The van der Waals surface area contributed by atoms with Gasteiger partial charge in [0.1, 0.15) is 5.65 Å². The quantitative estimate of drug-likeness (QED) is 0.692. The smallest absolute Gasteiger partial charge is 0.223 e. The Labute approximate surface area is 134 Å². The molecule has 0 spiro atoms. The Balaban J connectivity index is 1.60. The molecule has 0 amide bonds. The second-order valence-electron chi connectivity index (χ2n) is 6.12. The molecule has 3 aromatic rings. The van der Waals surface area contributed by atoms with Crippen LogP contribution in [0.25, 0.3) is 22.3 Å². The highest BCUT2D eigenvalue weighted by molar-refractivity contribution is 5.91. The summed E-state index contributed by atoms with van der Waals surface area (Å²) in [6.45, 7) is 0. The van der Waals surface area contributed by atoms with Gasteiger partial charge < -0.3 is 16.0 Å². The van der Waals surface area contributed by atoms with Gasteiger partial charge in [-0.3, -0.25) is 0 Å². The van der Waals surface area contributed by atoms with Gasteiger partial charge in [0.05, 0.1) is 5.69 Å². The number of nitrogens with two attached hydrogens (primary N) is 1. The number of nitrogens with zero attached hydrogens (tertiary/aromatic N) is 3. The summed E-state index contributed by atoms with van der Waals surface area (Å²) in [6, 6.07) is 6.70. The van der Waals surface area contributed by atoms with E-state index in [1.165, 1.54) is 0 Å². The number of H-pyrrole nitrogens is 1. The zero-order valence-corrected chi connectivity index (χ0v) is 12.9. The third-order valence-electron chi connectivity index (χ3n) is 4.50. The van der Waals surface area contributed by atoms with Gasteiger partial charge in [-0.15, -0.1) is 0 Å². The molecule has 118 valence electrons. The third kappa shape index (κ3) is 2.90. The van der Waals surface area contributed by atoms with Crippen LogP contribution >= 0.6 is 0 Å². The Morgan fingerprint density at radius 3 is 2.74 bits per heavy atom. The summed E-state index contributed by atoms with van der Waals surface area (Å²) < 4.78 is 0. The number of nitrogens with one attached hydrogen (secondary N) is 2. The topological polar surface area (TPSA) is 92.5 Å². The van der Waals surface area contributed by atoms with Crippen LogP contribution in [0.1, 0.15) is 25.7 Å². The van der Waals surface area contributed by atoms with Crippen LogP contribution in [0.5, 0.6) is 0 Å². The van der Waals surface area contributed by atoms with Gasteiger partial charge in [-0.25, -0.2) is 15.0 Å². The number of anilines is 1. The van der Waals surface area contributed by atoms with Crippen LogP contribution in [0.3, 0.4) is 0 Å². The van der Waals surface area contributed by atoms with E-state index >= 15 is 0 Å². The average molecular weight is 308 g/mol. The van der Waals surface area contributed by atoms with E-state index in [2.05, 4.69) is 20.3 Å². The number of fused-ring (bicyclic) bond motifs is 1. The van der Waals surface area contributed by atoms with Gasteiger partial charge in [-0.2, -0.15) is 0 Å². The Kier molecular flexibility index (Phi) is 3.67. The lowest BCUT2D eigenvalue weighted by Gasteiger charge is -2.26. The molecular weight excluding hydrogens is 288 g/mol. The number of hydrogen-bond donors (Lipinski definition) is 3. The van der Waals surface area contributed by atoms with Crippen molar-refractivity contribution in [3.05, 3.63) is 36.8 Å². The summed E-state index contributed by atoms with van der Waals surface area (Å²) in [7, 11) is 0. The molecule has 1 aliphatic rings. The first-order valence-electron chi connectivity index (χ1n) is 8.07. The van der Waals surface area contributed by atoms with Crippen molar-refractivity contribution in [3.8, 4) is 11.3 Å². The molecule has 0 saturated heterocycles. The fourth-order valence-corrected chi connectivity index (χ4v) is 3.21. The Bertz CT molecular complexity index is 803. The second-order valence-corrected chi connectivity index (χ2v) is 6.12. The summed E-state index contributed by atoms with van der Waals surface area (Å²) in [5, 5.41) is 4.52. The minimum absolute atomic E-state index is 0.346. The van der Waals surface area contributed by atoms with E-state index in [9.17, 15) is 0 Å². The van der Waals surface area contributed by atoms with Crippen LogP contribution < -0.4 is 11.1 Å². The highest BCUT2D eigenvalue weighted by atomic mass is 15.1. The SMILES string of the molecule is NC1CCC(Nc2nccc(-c3ccnc4[nH]ccc34)n2)CC1. The molecule has 1 fully saturated rings. The first-order chi connectivity index (χ1) is 11.3. The lowest BCUT2D eigenvalue weighted by atomic mass is 9.92. The Morgan fingerprint density at radius 1 is 1.04 bits per heavy atom. The molecule has 6 heteroatoms. The number of aromatic amines is 1. The van der Waals surface area contributed by atoms with Crippen LogP contribution in [0.2, 0.25) is 0 Å². The van der Waals surface area contributed by atoms with Crippen molar-refractivity contribution in [2.75, 3.05) is 5.32 Å². The third-order valence-corrected chi connectivity index (χ3v) is 4.50. The van der Waals surface area contributed by atoms with E-state index in [-0.39, 0.29) is 0 Å². The van der Waals surface area contributed by atoms with Crippen molar-refractivity contribution in [3.63, 3.8) is 0 Å². The minimum Gasteiger partial charge on any atom is -0.351 e. The normalized spacial score (nSPS) is 21.4. The van der Waals surface area contributed by atoms with Gasteiger partial charge in [0, 0.05) is 41.6 Å². The van der Waals surface area contributed by atoms with E-state index in [0.29, 0.717) is 18.0 Å². The van der Waals surface area contributed by atoms with Gasteiger partial charge in [0.25, 0.3) is 0 Å². The van der Waals surface area contributed by atoms with E-state index in [0.717, 1.165) is 48.0 Å². The molecular formula is C17H20N6. The molecule has 0 atom stereocenters. The van der Waals surface area contributed by atoms with E-state index in [1.54, 1.807) is 12.4 Å². The molecule has 0 unspecified atom stereocenters. The largest absolute Gasteiger partial charge is 0.351 e. The maximum Gasteiger partial charge on any atom is 0.223 e. The molecule has 0 aromatic carbocycles. The van der Waals surface area contributed by atoms with Crippen LogP contribution in [0.15, 0.2) is 36.8 Å². The molecule has 3 heterocycles. The fraction of sp³-hybridized carbons (Fsp3) is 0.353. The van der Waals surface area contributed by atoms with Crippen LogP contribution in [0.4, 0.5) is 5.95 Å². The van der Waals surface area contributed by atoms with Crippen molar-refractivity contribution < 1.29 is 0 Å². The number of rotatable bonds is 3. The van der Waals surface area contributed by atoms with Crippen molar-refractivity contribution in [2.45, 2.75) is 37.8 Å². The summed E-state index contributed by atoms with van der Waals surface area (Å²) in [5.74, 6) is 0.684. The van der Waals surface area contributed by atoms with Gasteiger partial charge in [0.2, 0.25) is 5.95 Å². The first kappa shape index (κ1) is 14.1. The molecule has 4 rings (SSSR count). The average Bonchev–Trinajstić information content (AvgIpc) is 3.06. The van der Waals surface area contributed by atoms with E-state index < -0.39 is 0 Å². The van der Waals surface area contributed by atoms with Crippen molar-refractivity contribution >= 4 is 17.0 Å². The minimum atomic E-state index is 0.346. The first-order valence-corrected chi connectivity index (χ1v) is 8.07. The zero-order valence-electron chi connectivity index (χ0n) is 12.9. The lowest BCUT2D eigenvalue weighted by molar-refractivity contribution is 0.410. The van der Waals surface area contributed by atoms with Crippen LogP contribution in [-0.2, 0) is 0 Å². The standard InChI is InChI=1S/C17H20N6/c18-11-1-3-12(4-2-11)22-17-21-10-7-15(23-17)13-5-8-19-16-14(13)6-9-20-16/h5-12H,1-4,18H2,(H,19,20)(H,21,22,23). The molecule has 0 aliphatic heterocycles. The number of pyridine rings is 1. The van der Waals surface area contributed by atoms with Gasteiger partial charge >= 0.3 is 0 Å². The molecule has 4 N–H and O–H groups in total. The Hall–Kier alpha value is -2.47. The zero-order chi connectivity index (χ0) is 15.6. The van der Waals surface area contributed by atoms with Crippen LogP contribution in [0, 0.1) is 0 Å². The summed E-state index contributed by atoms with van der Waals surface area (Å²) in [5.41, 5.74) is 8.80. The predicted molar refractivity (Wildman–Crippen MR) is 91.0 cm³/mol. The summed E-state index contributed by atoms with van der Waals surface area (Å²) in [4.78, 5) is 16.5. The summed E-state index contributed by atoms with van der Waals surface area (Å²) in [6.07, 6.45) is 9.77. The summed E-state index contributed by atoms with van der Waals surface area (Å²) >= 11 is 0. The maximum absolute atomic E-state index is 5.97. The monoisotopic (exact) mass is 308 g/mol. The number of aromatic nitrogens is 4. The van der Waals surface area contributed by atoms with E-state index in [1.807, 2.05) is 24.4 Å². The fourth-order valence-electron chi connectivity index (χ4n) is 3.21. The molecule has 6 nitrogen and oxygen atoms in total. The van der Waals surface area contributed by atoms with Gasteiger partial charge in [-0.1, -0.05) is 0 Å². The second kappa shape index (κ2) is 5.96. The van der Waals surface area contributed by atoms with Gasteiger partial charge in [0.15, 0.2) is 0 Å². The molecule has 0 bridgehead atoms. The van der Waals surface area contributed by atoms with Crippen molar-refractivity contribution in [2.24, 2.45) is 5.73 Å². The molecule has 1 aliphatic carbocycles.